The lowest BCUT2D eigenvalue weighted by Crippen LogP contribution is -3.07. The standard InChI is InChI=1S/C14H15N3OS2/c1-10(17(2)8-11-5-7-19-9-11)13-15-16-14(18-13)12-4-3-6-20-12/h3-7,9-10H,8H2,1-2H3/p+1/t10-/m0/s1. The Morgan fingerprint density at radius 3 is 2.90 bits per heavy atom. The van der Waals surface area contributed by atoms with E-state index in [1.165, 1.54) is 10.5 Å². The summed E-state index contributed by atoms with van der Waals surface area (Å²) < 4.78 is 5.80. The molecule has 20 heavy (non-hydrogen) atoms. The smallest absolute Gasteiger partial charge is 0.274 e. The molecule has 0 aliphatic rings. The Morgan fingerprint density at radius 2 is 2.20 bits per heavy atom. The molecule has 0 radical (unpaired) electrons. The maximum absolute atomic E-state index is 5.80. The Balaban J connectivity index is 1.72. The Hall–Kier alpha value is -1.50. The van der Waals surface area contributed by atoms with Crippen LogP contribution in [0.2, 0.25) is 0 Å². The largest absolute Gasteiger partial charge is 0.414 e. The number of aromatic nitrogens is 2. The van der Waals surface area contributed by atoms with Crippen LogP contribution in [0, 0.1) is 0 Å². The molecular weight excluding hydrogens is 290 g/mol. The Bertz CT molecular complexity index is 646. The highest BCUT2D eigenvalue weighted by molar-refractivity contribution is 7.13. The van der Waals surface area contributed by atoms with Crippen LogP contribution in [0.1, 0.15) is 24.4 Å². The van der Waals surface area contributed by atoms with Gasteiger partial charge in [-0.2, -0.15) is 11.3 Å². The molecule has 0 saturated heterocycles. The van der Waals surface area contributed by atoms with Gasteiger partial charge in [-0.15, -0.1) is 21.5 Å². The zero-order valence-corrected chi connectivity index (χ0v) is 13.0. The summed E-state index contributed by atoms with van der Waals surface area (Å²) in [6, 6.07) is 6.32. The molecule has 2 atom stereocenters. The summed E-state index contributed by atoms with van der Waals surface area (Å²) in [4.78, 5) is 2.36. The van der Waals surface area contributed by atoms with Crippen molar-refractivity contribution >= 4 is 22.7 Å². The van der Waals surface area contributed by atoms with Crippen LogP contribution in [-0.2, 0) is 6.54 Å². The van der Waals surface area contributed by atoms with Crippen molar-refractivity contribution < 1.29 is 9.32 Å². The highest BCUT2D eigenvalue weighted by Crippen LogP contribution is 2.24. The van der Waals surface area contributed by atoms with Gasteiger partial charge < -0.3 is 9.32 Å². The van der Waals surface area contributed by atoms with Gasteiger partial charge in [0.25, 0.3) is 11.8 Å². The summed E-state index contributed by atoms with van der Waals surface area (Å²) in [5.41, 5.74) is 1.34. The third kappa shape index (κ3) is 2.82. The normalized spacial score (nSPS) is 14.3. The molecule has 3 aromatic rings. The summed E-state index contributed by atoms with van der Waals surface area (Å²) in [7, 11) is 2.15. The lowest BCUT2D eigenvalue weighted by Gasteiger charge is -2.18. The average Bonchev–Trinajstić information content (AvgIpc) is 3.18. The minimum Gasteiger partial charge on any atom is -0.414 e. The Kier molecular flexibility index (Phi) is 3.95. The van der Waals surface area contributed by atoms with Gasteiger partial charge >= 0.3 is 0 Å². The van der Waals surface area contributed by atoms with Crippen LogP contribution in [0.4, 0.5) is 0 Å². The summed E-state index contributed by atoms with van der Waals surface area (Å²) in [6.07, 6.45) is 0. The lowest BCUT2D eigenvalue weighted by atomic mass is 10.2. The molecule has 1 N–H and O–H groups in total. The molecule has 0 aliphatic heterocycles. The van der Waals surface area contributed by atoms with E-state index in [9.17, 15) is 0 Å². The fourth-order valence-corrected chi connectivity index (χ4v) is 3.30. The molecule has 3 heterocycles. The quantitative estimate of drug-likeness (QED) is 0.788. The first-order valence-corrected chi connectivity index (χ1v) is 8.27. The van der Waals surface area contributed by atoms with Crippen LogP contribution in [0.25, 0.3) is 10.8 Å². The molecule has 0 bridgehead atoms. The van der Waals surface area contributed by atoms with Crippen LogP contribution in [-0.4, -0.2) is 17.2 Å². The first-order valence-electron chi connectivity index (χ1n) is 6.44. The number of quaternary nitrogens is 1. The van der Waals surface area contributed by atoms with Crippen molar-refractivity contribution in [2.45, 2.75) is 19.5 Å². The van der Waals surface area contributed by atoms with Crippen molar-refractivity contribution in [1.29, 1.82) is 0 Å². The van der Waals surface area contributed by atoms with Crippen molar-refractivity contribution in [2.75, 3.05) is 7.05 Å². The van der Waals surface area contributed by atoms with E-state index in [0.29, 0.717) is 11.8 Å². The van der Waals surface area contributed by atoms with E-state index in [1.807, 2.05) is 17.5 Å². The van der Waals surface area contributed by atoms with Gasteiger partial charge in [0, 0.05) is 5.56 Å². The second-order valence-electron chi connectivity index (χ2n) is 4.80. The minimum atomic E-state index is 0.177. The fraction of sp³-hybridized carbons (Fsp3) is 0.286. The van der Waals surface area contributed by atoms with Gasteiger partial charge in [0.2, 0.25) is 0 Å². The predicted octanol–water partition coefficient (Wildman–Crippen LogP) is 2.64. The van der Waals surface area contributed by atoms with E-state index < -0.39 is 0 Å². The summed E-state index contributed by atoms with van der Waals surface area (Å²) >= 11 is 3.34. The molecule has 0 saturated carbocycles. The van der Waals surface area contributed by atoms with E-state index in [1.54, 1.807) is 22.7 Å². The Morgan fingerprint density at radius 1 is 1.30 bits per heavy atom. The molecule has 0 spiro atoms. The fourth-order valence-electron chi connectivity index (χ4n) is 1.99. The van der Waals surface area contributed by atoms with Crippen LogP contribution in [0.15, 0.2) is 38.8 Å². The molecule has 3 rings (SSSR count). The maximum atomic E-state index is 5.80. The van der Waals surface area contributed by atoms with E-state index >= 15 is 0 Å². The number of thiophene rings is 2. The van der Waals surface area contributed by atoms with Gasteiger partial charge in [-0.25, -0.2) is 0 Å². The van der Waals surface area contributed by atoms with E-state index in [0.717, 1.165) is 11.4 Å². The number of hydrogen-bond acceptors (Lipinski definition) is 5. The number of hydrogen-bond donors (Lipinski definition) is 1. The molecule has 1 unspecified atom stereocenters. The predicted molar refractivity (Wildman–Crippen MR) is 80.9 cm³/mol. The topological polar surface area (TPSA) is 43.4 Å². The van der Waals surface area contributed by atoms with Crippen molar-refractivity contribution in [3.05, 3.63) is 45.8 Å². The molecule has 3 aromatic heterocycles. The molecule has 104 valence electrons. The minimum absolute atomic E-state index is 0.177. The zero-order chi connectivity index (χ0) is 13.9. The number of nitrogens with one attached hydrogen (secondary N) is 1. The van der Waals surface area contributed by atoms with E-state index in [2.05, 4.69) is 41.0 Å². The number of rotatable bonds is 5. The first kappa shape index (κ1) is 13.5. The highest BCUT2D eigenvalue weighted by Gasteiger charge is 2.22. The third-order valence-electron chi connectivity index (χ3n) is 3.35. The van der Waals surface area contributed by atoms with Gasteiger partial charge in [0.05, 0.1) is 11.9 Å². The van der Waals surface area contributed by atoms with Crippen LogP contribution < -0.4 is 4.90 Å². The van der Waals surface area contributed by atoms with Crippen LogP contribution in [0.3, 0.4) is 0 Å². The van der Waals surface area contributed by atoms with Crippen molar-refractivity contribution in [3.8, 4) is 10.8 Å². The zero-order valence-electron chi connectivity index (χ0n) is 11.4. The average molecular weight is 306 g/mol. The molecule has 0 amide bonds. The summed E-state index contributed by atoms with van der Waals surface area (Å²) in [5, 5.41) is 14.6. The van der Waals surface area contributed by atoms with Gasteiger partial charge in [-0.1, -0.05) is 6.07 Å². The highest BCUT2D eigenvalue weighted by atomic mass is 32.1. The van der Waals surface area contributed by atoms with Gasteiger partial charge in [-0.3, -0.25) is 0 Å². The Labute approximate surface area is 125 Å². The first-order chi connectivity index (χ1) is 9.74. The summed E-state index contributed by atoms with van der Waals surface area (Å²) in [5.74, 6) is 1.31. The SMILES string of the molecule is C[C@@H](c1nnc(-c2cccs2)o1)[NH+](C)Cc1ccsc1. The lowest BCUT2D eigenvalue weighted by molar-refractivity contribution is -0.925. The summed E-state index contributed by atoms with van der Waals surface area (Å²) in [6.45, 7) is 3.08. The maximum Gasteiger partial charge on any atom is 0.274 e. The van der Waals surface area contributed by atoms with Crippen LogP contribution >= 0.6 is 22.7 Å². The number of nitrogens with zero attached hydrogens (tertiary/aromatic N) is 2. The molecule has 0 fully saturated rings. The molecule has 0 aliphatic carbocycles. The molecule has 6 heteroatoms. The van der Waals surface area contributed by atoms with Crippen molar-refractivity contribution in [3.63, 3.8) is 0 Å². The van der Waals surface area contributed by atoms with Crippen molar-refractivity contribution in [2.24, 2.45) is 0 Å². The van der Waals surface area contributed by atoms with Gasteiger partial charge in [0.1, 0.15) is 6.54 Å². The van der Waals surface area contributed by atoms with Crippen molar-refractivity contribution in [1.82, 2.24) is 10.2 Å². The van der Waals surface area contributed by atoms with E-state index in [-0.39, 0.29) is 6.04 Å². The van der Waals surface area contributed by atoms with E-state index in [4.69, 9.17) is 4.42 Å². The third-order valence-corrected chi connectivity index (χ3v) is 4.94. The second-order valence-corrected chi connectivity index (χ2v) is 6.53. The van der Waals surface area contributed by atoms with Gasteiger partial charge in [0.15, 0.2) is 6.04 Å². The molecule has 0 aromatic carbocycles. The second kappa shape index (κ2) is 5.87. The van der Waals surface area contributed by atoms with Gasteiger partial charge in [-0.05, 0) is 35.2 Å². The monoisotopic (exact) mass is 306 g/mol. The molecule has 4 nitrogen and oxygen atoms in total. The molecular formula is C14H16N3OS2+. The van der Waals surface area contributed by atoms with Crippen LogP contribution in [0.5, 0.6) is 0 Å².